The zero-order valence-corrected chi connectivity index (χ0v) is 11.9. The molecule has 0 aliphatic rings. The maximum Gasteiger partial charge on any atom is 0.390 e. The van der Waals surface area contributed by atoms with Crippen molar-refractivity contribution in [3.63, 3.8) is 0 Å². The van der Waals surface area contributed by atoms with E-state index in [2.05, 4.69) is 21.0 Å². The minimum absolute atomic E-state index is 0.185. The van der Waals surface area contributed by atoms with E-state index < -0.39 is 12.6 Å². The fraction of sp³-hybridized carbons (Fsp3) is 0.727. The molecule has 0 saturated heterocycles. The number of nitrogens with zero attached hydrogens (tertiary/aromatic N) is 2. The molecule has 0 unspecified atom stereocenters. The molecule has 0 aliphatic heterocycles. The van der Waals surface area contributed by atoms with Crippen LogP contribution in [0.2, 0.25) is 0 Å². The Kier molecular flexibility index (Phi) is 5.65. The van der Waals surface area contributed by atoms with Crippen LogP contribution in [0.1, 0.15) is 26.0 Å². The summed E-state index contributed by atoms with van der Waals surface area (Å²) < 4.78 is 43.9. The third-order valence-corrected chi connectivity index (χ3v) is 2.86. The van der Waals surface area contributed by atoms with Gasteiger partial charge in [0, 0.05) is 13.2 Å². The van der Waals surface area contributed by atoms with Crippen molar-refractivity contribution in [2.45, 2.75) is 39.6 Å². The minimum Gasteiger partial charge on any atom is -0.375 e. The summed E-state index contributed by atoms with van der Waals surface area (Å²) in [5, 5.41) is 3.91. The molecular formula is C11H16BrF3N2O. The summed E-state index contributed by atoms with van der Waals surface area (Å²) in [4.78, 5) is 0. The topological polar surface area (TPSA) is 27.1 Å². The molecule has 7 heteroatoms. The summed E-state index contributed by atoms with van der Waals surface area (Å²) in [7, 11) is 0. The van der Waals surface area contributed by atoms with Crippen LogP contribution in [-0.2, 0) is 17.9 Å². The predicted molar refractivity (Wildman–Crippen MR) is 65.1 cm³/mol. The summed E-state index contributed by atoms with van der Waals surface area (Å²) in [6.45, 7) is 4.66. The van der Waals surface area contributed by atoms with E-state index in [0.717, 1.165) is 0 Å². The highest BCUT2D eigenvalue weighted by atomic mass is 79.9. The van der Waals surface area contributed by atoms with E-state index in [9.17, 15) is 13.2 Å². The maximum atomic E-state index is 12.2. The second-order valence-electron chi connectivity index (χ2n) is 4.44. The number of rotatable bonds is 6. The Labute approximate surface area is 112 Å². The molecule has 1 aromatic rings. The Morgan fingerprint density at radius 2 is 2.11 bits per heavy atom. The molecule has 0 atom stereocenters. The lowest BCUT2D eigenvalue weighted by Crippen LogP contribution is -2.15. The summed E-state index contributed by atoms with van der Waals surface area (Å²) in [5.74, 6) is 0.385. The van der Waals surface area contributed by atoms with Crippen molar-refractivity contribution in [1.82, 2.24) is 9.78 Å². The minimum atomic E-state index is -4.17. The standard InChI is InChI=1S/C11H16BrF3N2O/c1-8(2)6-18-7-10-9(12)5-16-17(10)4-3-11(13,14)15/h5,8H,3-4,6-7H2,1-2H3. The van der Waals surface area contributed by atoms with Crippen LogP contribution in [0.25, 0.3) is 0 Å². The lowest BCUT2D eigenvalue weighted by atomic mass is 10.2. The van der Waals surface area contributed by atoms with E-state index in [4.69, 9.17) is 4.74 Å². The van der Waals surface area contributed by atoms with Gasteiger partial charge in [0.1, 0.15) is 0 Å². The van der Waals surface area contributed by atoms with Gasteiger partial charge in [-0.05, 0) is 21.8 Å². The van der Waals surface area contributed by atoms with Crippen molar-refractivity contribution in [3.05, 3.63) is 16.4 Å². The van der Waals surface area contributed by atoms with Crippen molar-refractivity contribution in [2.24, 2.45) is 5.92 Å². The molecule has 0 spiro atoms. The van der Waals surface area contributed by atoms with Crippen LogP contribution in [0, 0.1) is 5.92 Å². The molecule has 1 rings (SSSR count). The summed E-state index contributed by atoms with van der Waals surface area (Å²) >= 11 is 3.26. The van der Waals surface area contributed by atoms with E-state index >= 15 is 0 Å². The van der Waals surface area contributed by atoms with E-state index in [1.807, 2.05) is 13.8 Å². The molecule has 0 aromatic carbocycles. The summed E-state index contributed by atoms with van der Waals surface area (Å²) in [6.07, 6.45) is -3.57. The first-order valence-electron chi connectivity index (χ1n) is 5.64. The number of aryl methyl sites for hydroxylation is 1. The average molecular weight is 329 g/mol. The molecule has 1 aromatic heterocycles. The fourth-order valence-corrected chi connectivity index (χ4v) is 1.76. The van der Waals surface area contributed by atoms with Gasteiger partial charge in [0.2, 0.25) is 0 Å². The number of halogens is 4. The molecule has 0 N–H and O–H groups in total. The molecule has 1 heterocycles. The SMILES string of the molecule is CC(C)COCc1c(Br)cnn1CCC(F)(F)F. The maximum absolute atomic E-state index is 12.2. The first-order valence-corrected chi connectivity index (χ1v) is 6.43. The second kappa shape index (κ2) is 6.56. The predicted octanol–water partition coefficient (Wildman–Crippen LogP) is 3.77. The van der Waals surface area contributed by atoms with E-state index in [0.29, 0.717) is 22.7 Å². The molecule has 0 saturated carbocycles. The van der Waals surface area contributed by atoms with Crippen LogP contribution >= 0.6 is 15.9 Å². The first-order chi connectivity index (χ1) is 8.29. The number of ether oxygens (including phenoxy) is 1. The van der Waals surface area contributed by atoms with Crippen molar-refractivity contribution in [3.8, 4) is 0 Å². The van der Waals surface area contributed by atoms with Crippen LogP contribution in [-0.4, -0.2) is 22.6 Å². The largest absolute Gasteiger partial charge is 0.390 e. The lowest BCUT2D eigenvalue weighted by molar-refractivity contribution is -0.137. The van der Waals surface area contributed by atoms with Crippen molar-refractivity contribution < 1.29 is 17.9 Å². The molecule has 18 heavy (non-hydrogen) atoms. The van der Waals surface area contributed by atoms with Gasteiger partial charge in [0.05, 0.1) is 29.4 Å². The quantitative estimate of drug-likeness (QED) is 0.794. The van der Waals surface area contributed by atoms with Gasteiger partial charge in [-0.15, -0.1) is 0 Å². The Bertz CT molecular complexity index is 377. The first kappa shape index (κ1) is 15.5. The van der Waals surface area contributed by atoms with Crippen molar-refractivity contribution in [2.75, 3.05) is 6.61 Å². The number of hydrogen-bond acceptors (Lipinski definition) is 2. The van der Waals surface area contributed by atoms with Crippen LogP contribution in [0.4, 0.5) is 13.2 Å². The van der Waals surface area contributed by atoms with Gasteiger partial charge in [-0.1, -0.05) is 13.8 Å². The van der Waals surface area contributed by atoms with Crippen LogP contribution in [0.3, 0.4) is 0 Å². The fourth-order valence-electron chi connectivity index (χ4n) is 1.35. The second-order valence-corrected chi connectivity index (χ2v) is 5.29. The van der Waals surface area contributed by atoms with Crippen molar-refractivity contribution in [1.29, 1.82) is 0 Å². The Morgan fingerprint density at radius 3 is 2.67 bits per heavy atom. The van der Waals surface area contributed by atoms with E-state index in [1.54, 1.807) is 0 Å². The van der Waals surface area contributed by atoms with Gasteiger partial charge in [-0.3, -0.25) is 4.68 Å². The molecule has 3 nitrogen and oxygen atoms in total. The monoisotopic (exact) mass is 328 g/mol. The Hall–Kier alpha value is -0.560. The Balaban J connectivity index is 2.58. The average Bonchev–Trinajstić information content (AvgIpc) is 2.56. The smallest absolute Gasteiger partial charge is 0.375 e. The van der Waals surface area contributed by atoms with Crippen LogP contribution in [0.15, 0.2) is 10.7 Å². The number of alkyl halides is 3. The van der Waals surface area contributed by atoms with Crippen LogP contribution in [0.5, 0.6) is 0 Å². The molecular weight excluding hydrogens is 313 g/mol. The summed E-state index contributed by atoms with van der Waals surface area (Å²) in [6, 6.07) is 0. The van der Waals surface area contributed by atoms with Gasteiger partial charge in [0.15, 0.2) is 0 Å². The number of aromatic nitrogens is 2. The molecule has 0 amide bonds. The molecule has 0 bridgehead atoms. The molecule has 0 aliphatic carbocycles. The lowest BCUT2D eigenvalue weighted by Gasteiger charge is -2.11. The molecule has 104 valence electrons. The third kappa shape index (κ3) is 5.39. The van der Waals surface area contributed by atoms with E-state index in [1.165, 1.54) is 10.9 Å². The highest BCUT2D eigenvalue weighted by Gasteiger charge is 2.27. The zero-order chi connectivity index (χ0) is 13.8. The highest BCUT2D eigenvalue weighted by Crippen LogP contribution is 2.23. The van der Waals surface area contributed by atoms with Gasteiger partial charge >= 0.3 is 6.18 Å². The zero-order valence-electron chi connectivity index (χ0n) is 10.3. The van der Waals surface area contributed by atoms with Crippen molar-refractivity contribution >= 4 is 15.9 Å². The molecule has 0 fully saturated rings. The van der Waals surface area contributed by atoms with Crippen LogP contribution < -0.4 is 0 Å². The van der Waals surface area contributed by atoms with Gasteiger partial charge in [-0.25, -0.2) is 0 Å². The normalized spacial score (nSPS) is 12.4. The van der Waals surface area contributed by atoms with Gasteiger partial charge < -0.3 is 4.74 Å². The van der Waals surface area contributed by atoms with Gasteiger partial charge in [-0.2, -0.15) is 18.3 Å². The Morgan fingerprint density at radius 1 is 1.44 bits per heavy atom. The van der Waals surface area contributed by atoms with E-state index in [-0.39, 0.29) is 13.2 Å². The molecule has 0 radical (unpaired) electrons. The number of hydrogen-bond donors (Lipinski definition) is 0. The highest BCUT2D eigenvalue weighted by molar-refractivity contribution is 9.10. The third-order valence-electron chi connectivity index (χ3n) is 2.19. The van der Waals surface area contributed by atoms with Gasteiger partial charge in [0.25, 0.3) is 0 Å². The summed E-state index contributed by atoms with van der Waals surface area (Å²) in [5.41, 5.74) is 0.639.